The van der Waals surface area contributed by atoms with Gasteiger partial charge in [0.2, 0.25) is 0 Å². The number of benzene rings is 10. The third-order valence-corrected chi connectivity index (χ3v) is 11.9. The van der Waals surface area contributed by atoms with Crippen molar-refractivity contribution in [2.45, 2.75) is 0 Å². The third-order valence-electron chi connectivity index (χ3n) is 11.9. The molecule has 0 atom stereocenters. The summed E-state index contributed by atoms with van der Waals surface area (Å²) in [4.78, 5) is 2.35. The van der Waals surface area contributed by atoms with Gasteiger partial charge in [-0.15, -0.1) is 0 Å². The van der Waals surface area contributed by atoms with Gasteiger partial charge in [-0.1, -0.05) is 152 Å². The van der Waals surface area contributed by atoms with Crippen molar-refractivity contribution in [2.75, 3.05) is 4.90 Å². The molecule has 2 heterocycles. The Morgan fingerprint density at radius 3 is 1.69 bits per heavy atom. The van der Waals surface area contributed by atoms with Gasteiger partial charge in [-0.25, -0.2) is 0 Å². The monoisotopic (exact) mass is 753 g/mol. The van der Waals surface area contributed by atoms with Crippen LogP contribution in [-0.4, -0.2) is 0 Å². The number of rotatable bonds is 6. The molecule has 0 bridgehead atoms. The number of fused-ring (bicyclic) bond motifs is 9. The lowest BCUT2D eigenvalue weighted by molar-refractivity contribution is 0.670. The van der Waals surface area contributed by atoms with Crippen LogP contribution in [0.25, 0.3) is 98.8 Å². The number of para-hydroxylation sites is 2. The van der Waals surface area contributed by atoms with Crippen LogP contribution in [0.1, 0.15) is 0 Å². The molecule has 2 aromatic heterocycles. The van der Waals surface area contributed by atoms with Crippen LogP contribution >= 0.6 is 0 Å². The van der Waals surface area contributed by atoms with Gasteiger partial charge in [0.15, 0.2) is 0 Å². The minimum Gasteiger partial charge on any atom is -0.455 e. The fraction of sp³-hybridized carbons (Fsp3) is 0. The summed E-state index contributed by atoms with van der Waals surface area (Å²) in [6.45, 7) is 0. The lowest BCUT2D eigenvalue weighted by Crippen LogP contribution is -2.10. The second-order valence-corrected chi connectivity index (χ2v) is 15.3. The average Bonchev–Trinajstić information content (AvgIpc) is 3.89. The molecular formula is C56H35NO2. The van der Waals surface area contributed by atoms with Crippen LogP contribution < -0.4 is 4.90 Å². The van der Waals surface area contributed by atoms with E-state index in [0.29, 0.717) is 0 Å². The van der Waals surface area contributed by atoms with E-state index < -0.39 is 0 Å². The molecule has 0 aliphatic heterocycles. The summed E-state index contributed by atoms with van der Waals surface area (Å²) in [5.74, 6) is 0. The molecule has 10 aromatic carbocycles. The quantitative estimate of drug-likeness (QED) is 0.169. The molecule has 0 fully saturated rings. The first kappa shape index (κ1) is 33.3. The SMILES string of the molecule is c1cc(-c2ccc3ccccc3c2)cc(N(c2ccc(-c3cccc4c3oc3ccccc34)cc2)c2ccc(-c3cccc4oc5c6ccccc6ccc5c34)cc2)c1. The highest BCUT2D eigenvalue weighted by Gasteiger charge is 2.18. The van der Waals surface area contributed by atoms with E-state index in [-0.39, 0.29) is 0 Å². The molecule has 276 valence electrons. The third kappa shape index (κ3) is 5.51. The first-order chi connectivity index (χ1) is 29.2. The number of hydrogen-bond acceptors (Lipinski definition) is 3. The van der Waals surface area contributed by atoms with Crippen LogP contribution in [-0.2, 0) is 0 Å². The summed E-state index contributed by atoms with van der Waals surface area (Å²) >= 11 is 0. The lowest BCUT2D eigenvalue weighted by atomic mass is 9.97. The van der Waals surface area contributed by atoms with E-state index in [4.69, 9.17) is 8.83 Å². The molecule has 3 nitrogen and oxygen atoms in total. The van der Waals surface area contributed by atoms with E-state index in [9.17, 15) is 0 Å². The predicted molar refractivity (Wildman–Crippen MR) is 247 cm³/mol. The Morgan fingerprint density at radius 1 is 0.288 bits per heavy atom. The second-order valence-electron chi connectivity index (χ2n) is 15.3. The van der Waals surface area contributed by atoms with Crippen molar-refractivity contribution in [1.29, 1.82) is 0 Å². The normalized spacial score (nSPS) is 11.7. The molecule has 0 saturated carbocycles. The summed E-state index contributed by atoms with van der Waals surface area (Å²) in [6, 6.07) is 75.8. The van der Waals surface area contributed by atoms with Crippen molar-refractivity contribution in [3.05, 3.63) is 212 Å². The van der Waals surface area contributed by atoms with Gasteiger partial charge in [0.05, 0.1) is 0 Å². The minimum atomic E-state index is 0.892. The summed E-state index contributed by atoms with van der Waals surface area (Å²) < 4.78 is 13.0. The van der Waals surface area contributed by atoms with Crippen LogP contribution in [0.4, 0.5) is 17.1 Å². The average molecular weight is 754 g/mol. The molecular weight excluding hydrogens is 719 g/mol. The van der Waals surface area contributed by atoms with E-state index in [1.54, 1.807) is 0 Å². The molecule has 12 rings (SSSR count). The van der Waals surface area contributed by atoms with Gasteiger partial charge in [-0.3, -0.25) is 0 Å². The fourth-order valence-electron chi connectivity index (χ4n) is 8.99. The van der Waals surface area contributed by atoms with E-state index >= 15 is 0 Å². The van der Waals surface area contributed by atoms with Crippen molar-refractivity contribution in [3.63, 3.8) is 0 Å². The molecule has 0 aliphatic carbocycles. The molecule has 0 unspecified atom stereocenters. The van der Waals surface area contributed by atoms with Crippen molar-refractivity contribution in [3.8, 4) is 33.4 Å². The molecule has 0 N–H and O–H groups in total. The van der Waals surface area contributed by atoms with Crippen molar-refractivity contribution < 1.29 is 8.83 Å². The largest absolute Gasteiger partial charge is 0.455 e. The first-order valence-corrected chi connectivity index (χ1v) is 20.1. The van der Waals surface area contributed by atoms with Gasteiger partial charge in [0.1, 0.15) is 22.3 Å². The zero-order valence-corrected chi connectivity index (χ0v) is 32.0. The van der Waals surface area contributed by atoms with Crippen molar-refractivity contribution in [2.24, 2.45) is 0 Å². The number of hydrogen-bond donors (Lipinski definition) is 0. The van der Waals surface area contributed by atoms with E-state index in [2.05, 4.69) is 205 Å². The lowest BCUT2D eigenvalue weighted by Gasteiger charge is -2.26. The predicted octanol–water partition coefficient (Wildman–Crippen LogP) is 16.3. The highest BCUT2D eigenvalue weighted by Crippen LogP contribution is 2.43. The Kier molecular flexibility index (Phi) is 7.54. The molecule has 0 radical (unpaired) electrons. The molecule has 3 heteroatoms. The Labute approximate surface area is 340 Å². The maximum Gasteiger partial charge on any atom is 0.143 e. The van der Waals surface area contributed by atoms with Gasteiger partial charge in [0.25, 0.3) is 0 Å². The molecule has 0 amide bonds. The highest BCUT2D eigenvalue weighted by atomic mass is 16.3. The Hall–Kier alpha value is -7.88. The molecule has 0 saturated heterocycles. The van der Waals surface area contributed by atoms with Gasteiger partial charge in [0, 0.05) is 49.6 Å². The van der Waals surface area contributed by atoms with Gasteiger partial charge < -0.3 is 13.7 Å². The van der Waals surface area contributed by atoms with Crippen LogP contribution in [0, 0.1) is 0 Å². The zero-order chi connectivity index (χ0) is 38.9. The van der Waals surface area contributed by atoms with Crippen molar-refractivity contribution >= 4 is 82.5 Å². The molecule has 0 spiro atoms. The fourth-order valence-corrected chi connectivity index (χ4v) is 8.99. The Morgan fingerprint density at radius 2 is 0.864 bits per heavy atom. The molecule has 59 heavy (non-hydrogen) atoms. The summed E-state index contributed by atoms with van der Waals surface area (Å²) in [7, 11) is 0. The summed E-state index contributed by atoms with van der Waals surface area (Å²) in [6.07, 6.45) is 0. The van der Waals surface area contributed by atoms with Crippen molar-refractivity contribution in [1.82, 2.24) is 0 Å². The summed E-state index contributed by atoms with van der Waals surface area (Å²) in [5, 5.41) is 9.29. The smallest absolute Gasteiger partial charge is 0.143 e. The van der Waals surface area contributed by atoms with E-state index in [1.807, 2.05) is 12.1 Å². The Bertz CT molecular complexity index is 3550. The minimum absolute atomic E-state index is 0.892. The molecule has 12 aromatic rings. The van der Waals surface area contributed by atoms with E-state index in [0.717, 1.165) is 94.1 Å². The standard InChI is InChI=1S/C56H35NO2/c1-2-12-40-34-42(23-22-36(40)10-1)41-13-7-14-45(35-41)57(44-31-26-39(27-32-44)48-18-8-19-50-49-16-5-6-20-52(49)58-55(48)50)43-29-24-38(25-30-43)46-17-9-21-53-54(46)51-33-28-37-11-3-4-15-47(37)56(51)59-53/h1-35H. The van der Waals surface area contributed by atoms with Gasteiger partial charge >= 0.3 is 0 Å². The van der Waals surface area contributed by atoms with Crippen LogP contribution in [0.15, 0.2) is 221 Å². The number of furan rings is 2. The number of nitrogens with zero attached hydrogens (tertiary/aromatic N) is 1. The first-order valence-electron chi connectivity index (χ1n) is 20.1. The summed E-state index contributed by atoms with van der Waals surface area (Å²) in [5.41, 5.74) is 13.6. The van der Waals surface area contributed by atoms with E-state index in [1.165, 1.54) is 21.7 Å². The van der Waals surface area contributed by atoms with Gasteiger partial charge in [-0.05, 0) is 105 Å². The maximum absolute atomic E-state index is 6.54. The molecule has 0 aliphatic rings. The maximum atomic E-state index is 6.54. The van der Waals surface area contributed by atoms with Crippen LogP contribution in [0.3, 0.4) is 0 Å². The van der Waals surface area contributed by atoms with Crippen LogP contribution in [0.2, 0.25) is 0 Å². The second kappa shape index (κ2) is 13.4. The number of anilines is 3. The topological polar surface area (TPSA) is 29.5 Å². The Balaban J connectivity index is 0.976. The van der Waals surface area contributed by atoms with Crippen LogP contribution in [0.5, 0.6) is 0 Å². The van der Waals surface area contributed by atoms with Gasteiger partial charge in [-0.2, -0.15) is 0 Å². The zero-order valence-electron chi connectivity index (χ0n) is 32.0. The highest BCUT2D eigenvalue weighted by molar-refractivity contribution is 6.19.